The van der Waals surface area contributed by atoms with Crippen LogP contribution in [0.4, 0.5) is 4.79 Å². The molecule has 144 valence electrons. The van der Waals surface area contributed by atoms with Gasteiger partial charge in [0, 0.05) is 25.1 Å². The molecule has 1 aromatic carbocycles. The summed E-state index contributed by atoms with van der Waals surface area (Å²) in [6.45, 7) is 4.51. The minimum Gasteiger partial charge on any atom is -0.496 e. The lowest BCUT2D eigenvalue weighted by Crippen LogP contribution is -2.25. The van der Waals surface area contributed by atoms with Crippen LogP contribution in [0.2, 0.25) is 0 Å². The van der Waals surface area contributed by atoms with Gasteiger partial charge in [0.2, 0.25) is 0 Å². The Morgan fingerprint density at radius 1 is 1.33 bits per heavy atom. The van der Waals surface area contributed by atoms with E-state index in [9.17, 15) is 9.59 Å². The normalized spacial score (nSPS) is 21.6. The number of ether oxygens (including phenoxy) is 3. The Labute approximate surface area is 163 Å². The first-order chi connectivity index (χ1) is 13.0. The number of carbonyl (C=O) groups excluding carboxylic acids is 2. The number of thioether (sulfide) groups is 1. The van der Waals surface area contributed by atoms with Gasteiger partial charge in [-0.1, -0.05) is 6.08 Å². The van der Waals surface area contributed by atoms with Crippen LogP contribution in [-0.2, 0) is 16.0 Å². The van der Waals surface area contributed by atoms with E-state index < -0.39 is 0 Å². The predicted octanol–water partition coefficient (Wildman–Crippen LogP) is 4.00. The minimum atomic E-state index is -0.312. The van der Waals surface area contributed by atoms with Crippen LogP contribution in [0.15, 0.2) is 29.7 Å². The number of rotatable bonds is 6. The van der Waals surface area contributed by atoms with Gasteiger partial charge in [-0.15, -0.1) is 6.58 Å². The van der Waals surface area contributed by atoms with Gasteiger partial charge in [-0.05, 0) is 48.7 Å². The third-order valence-corrected chi connectivity index (χ3v) is 5.41. The fraction of sp³-hybridized carbons (Fsp3) is 0.400. The van der Waals surface area contributed by atoms with Gasteiger partial charge in [0.25, 0.3) is 11.1 Å². The van der Waals surface area contributed by atoms with Crippen LogP contribution in [0.5, 0.6) is 11.5 Å². The van der Waals surface area contributed by atoms with Gasteiger partial charge in [-0.25, -0.2) is 0 Å². The molecule has 0 N–H and O–H groups in total. The van der Waals surface area contributed by atoms with Crippen molar-refractivity contribution in [3.63, 3.8) is 0 Å². The van der Waals surface area contributed by atoms with Crippen molar-refractivity contribution < 1.29 is 23.8 Å². The van der Waals surface area contributed by atoms with Gasteiger partial charge >= 0.3 is 0 Å². The predicted molar refractivity (Wildman–Crippen MR) is 105 cm³/mol. The van der Waals surface area contributed by atoms with Gasteiger partial charge in [0.15, 0.2) is 6.29 Å². The van der Waals surface area contributed by atoms with Gasteiger partial charge in [-0.2, -0.15) is 0 Å². The molecule has 2 aliphatic heterocycles. The summed E-state index contributed by atoms with van der Waals surface area (Å²) in [7, 11) is 3.03. The summed E-state index contributed by atoms with van der Waals surface area (Å²) >= 11 is 0.919. The maximum atomic E-state index is 12.2. The van der Waals surface area contributed by atoms with Crippen LogP contribution in [0.25, 0.3) is 6.08 Å². The summed E-state index contributed by atoms with van der Waals surface area (Å²) in [5.74, 6) is 0.934. The smallest absolute Gasteiger partial charge is 0.293 e. The van der Waals surface area contributed by atoms with E-state index in [1.54, 1.807) is 25.3 Å². The summed E-state index contributed by atoms with van der Waals surface area (Å²) in [4.78, 5) is 25.4. The van der Waals surface area contributed by atoms with Gasteiger partial charge in [0.1, 0.15) is 11.5 Å². The number of imide groups is 1. The lowest BCUT2D eigenvalue weighted by atomic mass is 10.0. The maximum Gasteiger partial charge on any atom is 0.293 e. The number of likely N-dealkylation sites (N-methyl/N-ethyl adjacent to an activating group) is 1. The molecule has 0 saturated carbocycles. The first kappa shape index (κ1) is 19.5. The summed E-state index contributed by atoms with van der Waals surface area (Å²) in [6.07, 6.45) is 6.77. The Morgan fingerprint density at radius 2 is 2.15 bits per heavy atom. The molecule has 2 aliphatic rings. The number of hydrogen-bond donors (Lipinski definition) is 0. The van der Waals surface area contributed by atoms with Crippen LogP contribution in [0.1, 0.15) is 30.4 Å². The second kappa shape index (κ2) is 8.63. The Morgan fingerprint density at radius 3 is 2.74 bits per heavy atom. The highest BCUT2D eigenvalue weighted by Gasteiger charge is 2.32. The van der Waals surface area contributed by atoms with E-state index in [0.29, 0.717) is 35.0 Å². The Hall–Kier alpha value is -2.25. The number of allylic oxidation sites excluding steroid dienone is 1. The monoisotopic (exact) mass is 389 g/mol. The molecule has 0 radical (unpaired) electrons. The van der Waals surface area contributed by atoms with Crippen LogP contribution >= 0.6 is 11.8 Å². The van der Waals surface area contributed by atoms with E-state index in [1.807, 2.05) is 6.07 Å². The van der Waals surface area contributed by atoms with Crippen LogP contribution < -0.4 is 9.47 Å². The molecule has 3 rings (SSSR count). The maximum absolute atomic E-state index is 12.2. The van der Waals surface area contributed by atoms with E-state index in [-0.39, 0.29) is 17.4 Å². The van der Waals surface area contributed by atoms with Crippen LogP contribution in [0.3, 0.4) is 0 Å². The molecule has 2 amide bonds. The molecule has 2 heterocycles. The number of benzene rings is 1. The van der Waals surface area contributed by atoms with E-state index in [2.05, 4.69) is 6.58 Å². The fourth-order valence-corrected chi connectivity index (χ4v) is 3.79. The zero-order chi connectivity index (χ0) is 19.4. The van der Waals surface area contributed by atoms with Crippen molar-refractivity contribution in [2.75, 3.05) is 20.8 Å². The molecule has 1 unspecified atom stereocenters. The second-order valence-electron chi connectivity index (χ2n) is 6.35. The largest absolute Gasteiger partial charge is 0.496 e. The summed E-state index contributed by atoms with van der Waals surface area (Å²) < 4.78 is 17.2. The first-order valence-corrected chi connectivity index (χ1v) is 9.66. The van der Waals surface area contributed by atoms with Crippen molar-refractivity contribution in [1.29, 1.82) is 0 Å². The minimum absolute atomic E-state index is 0.269. The molecule has 27 heavy (non-hydrogen) atoms. The number of hydrogen-bond acceptors (Lipinski definition) is 6. The third kappa shape index (κ3) is 4.36. The van der Waals surface area contributed by atoms with Crippen molar-refractivity contribution in [3.05, 3.63) is 40.8 Å². The molecule has 0 bridgehead atoms. The molecular formula is C20H23NO5S. The van der Waals surface area contributed by atoms with Gasteiger partial charge < -0.3 is 14.2 Å². The second-order valence-corrected chi connectivity index (χ2v) is 7.34. The van der Waals surface area contributed by atoms with E-state index in [4.69, 9.17) is 14.2 Å². The fourth-order valence-electron chi connectivity index (χ4n) is 2.97. The summed E-state index contributed by atoms with van der Waals surface area (Å²) in [5.41, 5.74) is 1.63. The van der Waals surface area contributed by atoms with E-state index in [1.165, 1.54) is 7.05 Å². The third-order valence-electron chi connectivity index (χ3n) is 4.45. The molecule has 2 saturated heterocycles. The van der Waals surface area contributed by atoms with Gasteiger partial charge in [0.05, 0.1) is 18.6 Å². The topological polar surface area (TPSA) is 65.1 Å². The molecule has 6 nitrogen and oxygen atoms in total. The molecule has 2 fully saturated rings. The Kier molecular flexibility index (Phi) is 6.23. The molecule has 7 heteroatoms. The van der Waals surface area contributed by atoms with Crippen molar-refractivity contribution in [1.82, 2.24) is 4.90 Å². The highest BCUT2D eigenvalue weighted by molar-refractivity contribution is 8.18. The lowest BCUT2D eigenvalue weighted by Gasteiger charge is -2.25. The molecule has 0 spiro atoms. The Balaban J connectivity index is 1.94. The number of amides is 2. The summed E-state index contributed by atoms with van der Waals surface area (Å²) in [6, 6.07) is 3.71. The quantitative estimate of drug-likeness (QED) is 0.541. The zero-order valence-corrected chi connectivity index (χ0v) is 16.3. The standard InChI is InChI=1S/C20H23NO5S/c1-4-7-13-10-14(11-17-19(22)21(2)20(23)27-17)15(24-3)12-16(13)26-18-8-5-6-9-25-18/h4,10-12,18H,1,5-9H2,2-3H3/b17-11-. The van der Waals surface area contributed by atoms with Crippen molar-refractivity contribution >= 4 is 29.0 Å². The number of carbonyl (C=O) groups is 2. The highest BCUT2D eigenvalue weighted by atomic mass is 32.2. The van der Waals surface area contributed by atoms with Crippen LogP contribution in [0, 0.1) is 0 Å². The molecule has 1 aromatic rings. The van der Waals surface area contributed by atoms with Crippen LogP contribution in [-0.4, -0.2) is 43.1 Å². The average Bonchev–Trinajstić information content (AvgIpc) is 2.91. The Bertz CT molecular complexity index is 783. The molecule has 0 aliphatic carbocycles. The van der Waals surface area contributed by atoms with Gasteiger partial charge in [-0.3, -0.25) is 14.5 Å². The first-order valence-electron chi connectivity index (χ1n) is 8.85. The van der Waals surface area contributed by atoms with Crippen molar-refractivity contribution in [2.24, 2.45) is 0 Å². The number of methoxy groups -OCH3 is 1. The molecule has 1 atom stereocenters. The zero-order valence-electron chi connectivity index (χ0n) is 15.5. The molecular weight excluding hydrogens is 366 g/mol. The number of nitrogens with zero attached hydrogens (tertiary/aromatic N) is 1. The van der Waals surface area contributed by atoms with Crippen molar-refractivity contribution in [2.45, 2.75) is 32.0 Å². The van der Waals surface area contributed by atoms with Crippen molar-refractivity contribution in [3.8, 4) is 11.5 Å². The van der Waals surface area contributed by atoms with E-state index >= 15 is 0 Å². The van der Waals surface area contributed by atoms with E-state index in [0.717, 1.165) is 41.5 Å². The lowest BCUT2D eigenvalue weighted by molar-refractivity contribution is -0.121. The molecule has 0 aromatic heterocycles. The summed E-state index contributed by atoms with van der Waals surface area (Å²) in [5, 5.41) is -0.286. The average molecular weight is 389 g/mol. The highest BCUT2D eigenvalue weighted by Crippen LogP contribution is 2.36. The SMILES string of the molecule is C=CCc1cc(/C=C2\SC(=O)N(C)C2=O)c(OC)cc1OC1CCCCO1.